The summed E-state index contributed by atoms with van der Waals surface area (Å²) >= 11 is 23.4. The fourth-order valence-corrected chi connectivity index (χ4v) is 3.25. The van der Waals surface area contributed by atoms with Crippen LogP contribution in [-0.2, 0) is 4.79 Å². The molecule has 8 heteroatoms. The molecule has 0 aliphatic carbocycles. The van der Waals surface area contributed by atoms with Gasteiger partial charge in [0.25, 0.3) is 0 Å². The number of benzene rings is 3. The van der Waals surface area contributed by atoms with Crippen molar-refractivity contribution in [2.45, 2.75) is 9.96 Å². The molecular weight excluding hydrogens is 461 g/mol. The van der Waals surface area contributed by atoms with Crippen molar-refractivity contribution in [3.63, 3.8) is 0 Å². The van der Waals surface area contributed by atoms with Crippen LogP contribution in [0.5, 0.6) is 0 Å². The first-order valence-corrected chi connectivity index (χ1v) is 10.5. The van der Waals surface area contributed by atoms with E-state index in [9.17, 15) is 4.79 Å². The lowest BCUT2D eigenvalue weighted by Crippen LogP contribution is -2.55. The van der Waals surface area contributed by atoms with Crippen LogP contribution in [0, 0.1) is 0 Å². The monoisotopic (exact) mass is 477 g/mol. The van der Waals surface area contributed by atoms with Gasteiger partial charge in [0.2, 0.25) is 9.70 Å². The molecule has 4 nitrogen and oxygen atoms in total. The normalized spacial score (nSPS) is 12.5. The Morgan fingerprint density at radius 1 is 0.900 bits per heavy atom. The maximum Gasteiger partial charge on any atom is 0.245 e. The van der Waals surface area contributed by atoms with Crippen molar-refractivity contribution in [3.05, 3.63) is 84.4 Å². The largest absolute Gasteiger partial charge is 0.339 e. The molecule has 3 aromatic rings. The van der Waals surface area contributed by atoms with Gasteiger partial charge in [0.15, 0.2) is 5.11 Å². The molecule has 0 fully saturated rings. The zero-order valence-corrected chi connectivity index (χ0v) is 18.7. The van der Waals surface area contributed by atoms with Gasteiger partial charge >= 0.3 is 0 Å². The second-order valence-corrected chi connectivity index (χ2v) is 9.16. The van der Waals surface area contributed by atoms with Crippen LogP contribution in [0.4, 0.5) is 5.69 Å². The van der Waals surface area contributed by atoms with Gasteiger partial charge in [0.05, 0.1) is 0 Å². The van der Waals surface area contributed by atoms with Crippen LogP contribution >= 0.6 is 47.0 Å². The number of anilines is 1. The number of hydrogen-bond acceptors (Lipinski definition) is 2. The van der Waals surface area contributed by atoms with E-state index in [1.54, 1.807) is 6.08 Å². The number of alkyl halides is 3. The van der Waals surface area contributed by atoms with Crippen LogP contribution in [0.15, 0.2) is 78.9 Å². The van der Waals surface area contributed by atoms with E-state index in [1.165, 1.54) is 6.08 Å². The van der Waals surface area contributed by atoms with Crippen LogP contribution < -0.4 is 16.0 Å². The number of rotatable bonds is 5. The second kappa shape index (κ2) is 10.1. The molecule has 0 aromatic heterocycles. The highest BCUT2D eigenvalue weighted by Gasteiger charge is 2.34. The Labute approximate surface area is 195 Å². The Bertz CT molecular complexity index is 1070. The van der Waals surface area contributed by atoms with Crippen molar-refractivity contribution in [2.24, 2.45) is 0 Å². The first-order chi connectivity index (χ1) is 14.3. The van der Waals surface area contributed by atoms with E-state index in [-0.39, 0.29) is 5.11 Å². The third kappa shape index (κ3) is 6.61. The summed E-state index contributed by atoms with van der Waals surface area (Å²) in [5.74, 6) is -0.434. The average molecular weight is 479 g/mol. The van der Waals surface area contributed by atoms with Crippen molar-refractivity contribution in [1.29, 1.82) is 0 Å². The Morgan fingerprint density at radius 3 is 2.27 bits per heavy atom. The minimum absolute atomic E-state index is 0.203. The van der Waals surface area contributed by atoms with E-state index < -0.39 is 15.9 Å². The van der Waals surface area contributed by atoms with Crippen molar-refractivity contribution < 1.29 is 4.79 Å². The van der Waals surface area contributed by atoms with Crippen molar-refractivity contribution >= 4 is 80.6 Å². The zero-order chi connectivity index (χ0) is 21.6. The van der Waals surface area contributed by atoms with E-state index >= 15 is 0 Å². The average Bonchev–Trinajstić information content (AvgIpc) is 2.72. The summed E-state index contributed by atoms with van der Waals surface area (Å²) < 4.78 is -1.83. The molecule has 1 amide bonds. The van der Waals surface area contributed by atoms with Gasteiger partial charge in [0.1, 0.15) is 6.17 Å². The predicted octanol–water partition coefficient (Wildman–Crippen LogP) is 5.65. The van der Waals surface area contributed by atoms with Crippen LogP contribution in [0.2, 0.25) is 0 Å². The fourth-order valence-electron chi connectivity index (χ4n) is 2.69. The summed E-state index contributed by atoms with van der Waals surface area (Å²) in [5.41, 5.74) is 1.64. The molecule has 0 saturated heterocycles. The smallest absolute Gasteiger partial charge is 0.245 e. The predicted molar refractivity (Wildman–Crippen MR) is 131 cm³/mol. The lowest BCUT2D eigenvalue weighted by Gasteiger charge is -2.27. The quantitative estimate of drug-likeness (QED) is 0.192. The number of fused-ring (bicyclic) bond motifs is 1. The molecule has 0 heterocycles. The topological polar surface area (TPSA) is 53.2 Å². The molecule has 0 aliphatic heterocycles. The second-order valence-electron chi connectivity index (χ2n) is 6.39. The van der Waals surface area contributed by atoms with E-state index in [2.05, 4.69) is 16.0 Å². The van der Waals surface area contributed by atoms with Gasteiger partial charge in [-0.15, -0.1) is 0 Å². The highest BCUT2D eigenvalue weighted by molar-refractivity contribution is 7.80. The molecule has 0 bridgehead atoms. The minimum atomic E-state index is -1.83. The summed E-state index contributed by atoms with van der Waals surface area (Å²) in [6.45, 7) is 0. The first-order valence-electron chi connectivity index (χ1n) is 8.98. The molecular formula is C22H18Cl3N3OS. The molecule has 3 rings (SSSR count). The van der Waals surface area contributed by atoms with Gasteiger partial charge in [-0.1, -0.05) is 95.5 Å². The van der Waals surface area contributed by atoms with Crippen LogP contribution in [-0.4, -0.2) is 21.0 Å². The molecule has 0 spiro atoms. The summed E-state index contributed by atoms with van der Waals surface area (Å²) in [6.07, 6.45) is 1.98. The minimum Gasteiger partial charge on any atom is -0.339 e. The lowest BCUT2D eigenvalue weighted by atomic mass is 10.1. The van der Waals surface area contributed by atoms with Crippen molar-refractivity contribution in [3.8, 4) is 0 Å². The molecule has 0 aliphatic rings. The van der Waals surface area contributed by atoms with E-state index in [0.717, 1.165) is 22.0 Å². The van der Waals surface area contributed by atoms with Gasteiger partial charge < -0.3 is 16.0 Å². The summed E-state index contributed by atoms with van der Waals surface area (Å²) in [6, 6.07) is 23.2. The van der Waals surface area contributed by atoms with Crippen LogP contribution in [0.3, 0.4) is 0 Å². The third-order valence-electron chi connectivity index (χ3n) is 4.12. The molecule has 0 unspecified atom stereocenters. The number of carbonyl (C=O) groups is 1. The van der Waals surface area contributed by atoms with E-state index in [1.807, 2.05) is 72.8 Å². The summed E-state index contributed by atoms with van der Waals surface area (Å²) in [5, 5.41) is 10.9. The Kier molecular flexibility index (Phi) is 7.56. The van der Waals surface area contributed by atoms with Crippen molar-refractivity contribution in [2.75, 3.05) is 5.32 Å². The van der Waals surface area contributed by atoms with Crippen LogP contribution in [0.25, 0.3) is 16.8 Å². The van der Waals surface area contributed by atoms with Crippen LogP contribution in [0.1, 0.15) is 5.56 Å². The Balaban J connectivity index is 1.64. The molecule has 3 N–H and O–H groups in total. The Hall–Kier alpha value is -2.31. The van der Waals surface area contributed by atoms with Gasteiger partial charge in [-0.25, -0.2) is 0 Å². The first kappa shape index (κ1) is 22.4. The highest BCUT2D eigenvalue weighted by Crippen LogP contribution is 2.29. The molecule has 1 atom stereocenters. The zero-order valence-electron chi connectivity index (χ0n) is 15.6. The van der Waals surface area contributed by atoms with Gasteiger partial charge in [0, 0.05) is 11.8 Å². The number of carbonyl (C=O) groups excluding carboxylic acids is 1. The highest BCUT2D eigenvalue weighted by atomic mass is 35.6. The van der Waals surface area contributed by atoms with Gasteiger partial charge in [-0.3, -0.25) is 4.79 Å². The third-order valence-corrected chi connectivity index (χ3v) is 5.00. The summed E-state index contributed by atoms with van der Waals surface area (Å²) in [4.78, 5) is 12.3. The molecule has 30 heavy (non-hydrogen) atoms. The van der Waals surface area contributed by atoms with E-state index in [0.29, 0.717) is 0 Å². The van der Waals surface area contributed by atoms with Gasteiger partial charge in [-0.2, -0.15) is 0 Å². The maximum absolute atomic E-state index is 12.3. The van der Waals surface area contributed by atoms with Gasteiger partial charge in [-0.05, 0) is 46.8 Å². The number of nitrogens with one attached hydrogen (secondary N) is 3. The maximum atomic E-state index is 12.3. The number of thiocarbonyl (C=S) groups is 1. The number of amides is 1. The number of hydrogen-bond donors (Lipinski definition) is 3. The molecule has 0 radical (unpaired) electrons. The molecule has 154 valence electrons. The standard InChI is InChI=1S/C22H18Cl3N3OS/c23-22(24,25)20(27-19(29)13-10-15-6-2-1-3-7-15)28-21(30)26-18-12-11-16-8-4-5-9-17(16)14-18/h1-14,20H,(H,27,29)(H2,26,28,30)/b13-10-/t20-/m1/s1. The van der Waals surface area contributed by atoms with E-state index in [4.69, 9.17) is 47.0 Å². The summed E-state index contributed by atoms with van der Waals surface area (Å²) in [7, 11) is 0. The van der Waals surface area contributed by atoms with Crippen molar-refractivity contribution in [1.82, 2.24) is 10.6 Å². The molecule has 3 aromatic carbocycles. The SMILES string of the molecule is O=C(/C=C\c1ccccc1)N[C@H](NC(=S)Nc1ccc2ccccc2c1)C(Cl)(Cl)Cl. The fraction of sp³-hybridized carbons (Fsp3) is 0.0909. The molecule has 0 saturated carbocycles. The number of halogens is 3. The lowest BCUT2D eigenvalue weighted by molar-refractivity contribution is -0.117. The Morgan fingerprint density at radius 2 is 1.57 bits per heavy atom.